The number of hydrogen-bond acceptors (Lipinski definition) is 3. The fourth-order valence-corrected chi connectivity index (χ4v) is 2.81. The molecule has 2 N–H and O–H groups in total. The van der Waals surface area contributed by atoms with Gasteiger partial charge in [-0.1, -0.05) is 29.8 Å². The summed E-state index contributed by atoms with van der Waals surface area (Å²) >= 11 is 6.38. The molecule has 0 fully saturated rings. The predicted molar refractivity (Wildman–Crippen MR) is 89.4 cm³/mol. The van der Waals surface area contributed by atoms with Crippen LogP contribution in [0.5, 0.6) is 5.75 Å². The second-order valence-corrected chi connectivity index (χ2v) is 5.46. The third-order valence-corrected chi connectivity index (χ3v) is 4.00. The molecular formula is C17H21ClN2O. The second kappa shape index (κ2) is 6.83. The van der Waals surface area contributed by atoms with Gasteiger partial charge in [-0.15, -0.1) is 0 Å². The second-order valence-electron chi connectivity index (χ2n) is 5.06. The highest BCUT2D eigenvalue weighted by molar-refractivity contribution is 6.31. The van der Waals surface area contributed by atoms with Crippen LogP contribution < -0.4 is 15.4 Å². The first-order chi connectivity index (χ1) is 10.1. The number of benzene rings is 2. The van der Waals surface area contributed by atoms with E-state index in [2.05, 4.69) is 30.0 Å². The van der Waals surface area contributed by atoms with E-state index in [1.807, 2.05) is 31.3 Å². The fraction of sp³-hybridized carbons (Fsp3) is 0.294. The van der Waals surface area contributed by atoms with E-state index in [-0.39, 0.29) is 6.04 Å². The van der Waals surface area contributed by atoms with Crippen LogP contribution in [0.1, 0.15) is 17.2 Å². The zero-order chi connectivity index (χ0) is 15.4. The molecular weight excluding hydrogens is 284 g/mol. The average Bonchev–Trinajstić information content (AvgIpc) is 2.49. The van der Waals surface area contributed by atoms with Gasteiger partial charge in [0, 0.05) is 29.9 Å². The first-order valence-corrected chi connectivity index (χ1v) is 7.28. The number of rotatable bonds is 5. The minimum Gasteiger partial charge on any atom is -0.496 e. The summed E-state index contributed by atoms with van der Waals surface area (Å²) in [7, 11) is 3.67. The normalized spacial score (nSPS) is 12.0. The molecule has 0 aromatic heterocycles. The first-order valence-electron chi connectivity index (χ1n) is 6.90. The molecule has 0 aliphatic rings. The Morgan fingerprint density at radius 2 is 1.95 bits per heavy atom. The zero-order valence-corrected chi connectivity index (χ0v) is 13.4. The van der Waals surface area contributed by atoms with Crippen molar-refractivity contribution in [3.8, 4) is 5.75 Å². The van der Waals surface area contributed by atoms with Crippen molar-refractivity contribution in [1.29, 1.82) is 0 Å². The summed E-state index contributed by atoms with van der Waals surface area (Å²) in [6.45, 7) is 2.52. The number of likely N-dealkylation sites (N-methyl/N-ethyl adjacent to an activating group) is 1. The van der Waals surface area contributed by atoms with Gasteiger partial charge >= 0.3 is 0 Å². The van der Waals surface area contributed by atoms with Crippen molar-refractivity contribution in [3.05, 3.63) is 58.6 Å². The van der Waals surface area contributed by atoms with Gasteiger partial charge in [0.15, 0.2) is 0 Å². The van der Waals surface area contributed by atoms with Crippen molar-refractivity contribution in [2.75, 3.05) is 25.6 Å². The number of nitrogens with two attached hydrogens (primary N) is 1. The van der Waals surface area contributed by atoms with E-state index in [0.717, 1.165) is 17.0 Å². The third-order valence-electron chi connectivity index (χ3n) is 3.67. The molecule has 2 aromatic rings. The smallest absolute Gasteiger partial charge is 0.125 e. The number of aryl methyl sites for hydroxylation is 1. The number of hydrogen-bond donors (Lipinski definition) is 1. The molecule has 1 unspecified atom stereocenters. The van der Waals surface area contributed by atoms with Gasteiger partial charge in [0.25, 0.3) is 0 Å². The maximum Gasteiger partial charge on any atom is 0.125 e. The molecule has 112 valence electrons. The highest BCUT2D eigenvalue weighted by Gasteiger charge is 2.22. The SMILES string of the molecule is COc1cccc(Cl)c1C(CN)N(C)c1cccc(C)c1. The van der Waals surface area contributed by atoms with Crippen LogP contribution in [-0.4, -0.2) is 20.7 Å². The van der Waals surface area contributed by atoms with Crippen LogP contribution in [-0.2, 0) is 0 Å². The Morgan fingerprint density at radius 3 is 2.57 bits per heavy atom. The molecule has 0 aliphatic heterocycles. The van der Waals surface area contributed by atoms with Crippen molar-refractivity contribution in [3.63, 3.8) is 0 Å². The van der Waals surface area contributed by atoms with E-state index in [1.165, 1.54) is 5.56 Å². The Kier molecular flexibility index (Phi) is 5.10. The largest absolute Gasteiger partial charge is 0.496 e. The topological polar surface area (TPSA) is 38.5 Å². The average molecular weight is 305 g/mol. The van der Waals surface area contributed by atoms with Gasteiger partial charge in [-0.25, -0.2) is 0 Å². The van der Waals surface area contributed by atoms with Crippen molar-refractivity contribution >= 4 is 17.3 Å². The monoisotopic (exact) mass is 304 g/mol. The molecule has 0 aliphatic carbocycles. The minimum absolute atomic E-state index is 0.0459. The minimum atomic E-state index is -0.0459. The van der Waals surface area contributed by atoms with Gasteiger partial charge in [-0.05, 0) is 36.8 Å². The van der Waals surface area contributed by atoms with E-state index in [0.29, 0.717) is 11.6 Å². The summed E-state index contributed by atoms with van der Waals surface area (Å²) in [5.74, 6) is 0.762. The predicted octanol–water partition coefficient (Wildman–Crippen LogP) is 3.79. The lowest BCUT2D eigenvalue weighted by Crippen LogP contribution is -2.31. The third kappa shape index (κ3) is 3.31. The summed E-state index contributed by atoms with van der Waals surface area (Å²) in [5.41, 5.74) is 9.26. The lowest BCUT2D eigenvalue weighted by atomic mass is 10.0. The Labute approximate surface area is 131 Å². The van der Waals surface area contributed by atoms with E-state index in [1.54, 1.807) is 7.11 Å². The van der Waals surface area contributed by atoms with Crippen LogP contribution in [0.2, 0.25) is 5.02 Å². The molecule has 0 saturated heterocycles. The highest BCUT2D eigenvalue weighted by Crippen LogP contribution is 2.36. The molecule has 0 bridgehead atoms. The molecule has 2 aromatic carbocycles. The Bertz CT molecular complexity index is 615. The number of anilines is 1. The number of ether oxygens (including phenoxy) is 1. The number of halogens is 1. The number of nitrogens with zero attached hydrogens (tertiary/aromatic N) is 1. The summed E-state index contributed by atoms with van der Waals surface area (Å²) in [6.07, 6.45) is 0. The van der Waals surface area contributed by atoms with Gasteiger partial charge in [0.1, 0.15) is 5.75 Å². The summed E-state index contributed by atoms with van der Waals surface area (Å²) in [4.78, 5) is 2.14. The van der Waals surface area contributed by atoms with Crippen LogP contribution in [0.4, 0.5) is 5.69 Å². The molecule has 0 heterocycles. The van der Waals surface area contributed by atoms with E-state index < -0.39 is 0 Å². The fourth-order valence-electron chi connectivity index (χ4n) is 2.52. The number of methoxy groups -OCH3 is 1. The van der Waals surface area contributed by atoms with Crippen LogP contribution in [0.25, 0.3) is 0 Å². The Balaban J connectivity index is 2.44. The Hall–Kier alpha value is -1.71. The Morgan fingerprint density at radius 1 is 1.24 bits per heavy atom. The van der Waals surface area contributed by atoms with Gasteiger partial charge in [-0.2, -0.15) is 0 Å². The molecule has 3 nitrogen and oxygen atoms in total. The van der Waals surface area contributed by atoms with Crippen LogP contribution in [0.3, 0.4) is 0 Å². The molecule has 0 radical (unpaired) electrons. The van der Waals surface area contributed by atoms with Crippen LogP contribution in [0, 0.1) is 6.92 Å². The molecule has 4 heteroatoms. The van der Waals surface area contributed by atoms with Crippen molar-refractivity contribution in [2.45, 2.75) is 13.0 Å². The van der Waals surface area contributed by atoms with Gasteiger partial charge in [0.2, 0.25) is 0 Å². The van der Waals surface area contributed by atoms with E-state index in [4.69, 9.17) is 22.1 Å². The van der Waals surface area contributed by atoms with Crippen molar-refractivity contribution < 1.29 is 4.74 Å². The van der Waals surface area contributed by atoms with Crippen molar-refractivity contribution in [2.24, 2.45) is 5.73 Å². The van der Waals surface area contributed by atoms with E-state index in [9.17, 15) is 0 Å². The highest BCUT2D eigenvalue weighted by atomic mass is 35.5. The maximum atomic E-state index is 6.38. The lowest BCUT2D eigenvalue weighted by molar-refractivity contribution is 0.405. The zero-order valence-electron chi connectivity index (χ0n) is 12.6. The standard InChI is InChI=1S/C17H21ClN2O/c1-12-6-4-7-13(10-12)20(2)15(11-19)17-14(18)8-5-9-16(17)21-3/h4-10,15H,11,19H2,1-3H3. The quantitative estimate of drug-likeness (QED) is 0.913. The molecule has 1 atom stereocenters. The molecule has 0 amide bonds. The maximum absolute atomic E-state index is 6.38. The molecule has 0 saturated carbocycles. The first kappa shape index (κ1) is 15.7. The summed E-state index contributed by atoms with van der Waals surface area (Å²) in [6, 6.07) is 13.9. The van der Waals surface area contributed by atoms with Crippen LogP contribution >= 0.6 is 11.6 Å². The lowest BCUT2D eigenvalue weighted by Gasteiger charge is -2.31. The molecule has 2 rings (SSSR count). The molecule has 21 heavy (non-hydrogen) atoms. The molecule has 0 spiro atoms. The van der Waals surface area contributed by atoms with Gasteiger partial charge < -0.3 is 15.4 Å². The summed E-state index contributed by atoms with van der Waals surface area (Å²) < 4.78 is 5.45. The van der Waals surface area contributed by atoms with E-state index >= 15 is 0 Å². The van der Waals surface area contributed by atoms with Crippen molar-refractivity contribution in [1.82, 2.24) is 0 Å². The van der Waals surface area contributed by atoms with Gasteiger partial charge in [-0.3, -0.25) is 0 Å². The van der Waals surface area contributed by atoms with Gasteiger partial charge in [0.05, 0.1) is 13.2 Å². The van der Waals surface area contributed by atoms with Crippen LogP contribution in [0.15, 0.2) is 42.5 Å². The summed E-state index contributed by atoms with van der Waals surface area (Å²) in [5, 5.41) is 0.671.